The average molecular weight is 267 g/mol. The van der Waals surface area contributed by atoms with Crippen LogP contribution in [0.3, 0.4) is 0 Å². The highest BCUT2D eigenvalue weighted by Crippen LogP contribution is 2.06. The molecule has 0 fully saturated rings. The third kappa shape index (κ3) is 3.84. The van der Waals surface area contributed by atoms with Crippen molar-refractivity contribution in [2.24, 2.45) is 5.73 Å². The Kier molecular flexibility index (Phi) is 4.68. The summed E-state index contributed by atoms with van der Waals surface area (Å²) in [6.07, 6.45) is 1.50. The van der Waals surface area contributed by atoms with Crippen molar-refractivity contribution < 1.29 is 19.5 Å². The lowest BCUT2D eigenvalue weighted by molar-refractivity contribution is -0.137. The number of primary amides is 1. The molecule has 0 spiro atoms. The maximum Gasteiger partial charge on any atom is 0.352 e. The summed E-state index contributed by atoms with van der Waals surface area (Å²) in [4.78, 5) is 35.2. The van der Waals surface area contributed by atoms with E-state index in [1.54, 1.807) is 19.9 Å². The third-order valence-corrected chi connectivity index (χ3v) is 2.62. The van der Waals surface area contributed by atoms with Crippen molar-refractivity contribution in [1.29, 1.82) is 0 Å². The molecule has 0 atom stereocenters. The number of nitrogens with zero attached hydrogens (tertiary/aromatic N) is 2. The second kappa shape index (κ2) is 6.03. The molecule has 1 aromatic rings. The zero-order chi connectivity index (χ0) is 14.6. The summed E-state index contributed by atoms with van der Waals surface area (Å²) in [6, 6.07) is 2.76. The predicted octanol–water partition coefficient (Wildman–Crippen LogP) is -0.0914. The van der Waals surface area contributed by atoms with Crippen LogP contribution in [0.25, 0.3) is 0 Å². The van der Waals surface area contributed by atoms with Crippen LogP contribution >= 0.6 is 0 Å². The largest absolute Gasteiger partial charge is 0.477 e. The van der Waals surface area contributed by atoms with Crippen LogP contribution in [0, 0.1) is 0 Å². The van der Waals surface area contributed by atoms with Crippen LogP contribution in [0.2, 0.25) is 0 Å². The predicted molar refractivity (Wildman–Crippen MR) is 67.4 cm³/mol. The number of carbonyl (C=O) groups excluding carboxylic acids is 2. The van der Waals surface area contributed by atoms with E-state index in [2.05, 4.69) is 0 Å². The van der Waals surface area contributed by atoms with Gasteiger partial charge in [-0.1, -0.05) is 0 Å². The minimum Gasteiger partial charge on any atom is -0.477 e. The molecule has 19 heavy (non-hydrogen) atoms. The topological polar surface area (TPSA) is 106 Å². The van der Waals surface area contributed by atoms with E-state index >= 15 is 0 Å². The van der Waals surface area contributed by atoms with Crippen LogP contribution in [-0.2, 0) is 16.1 Å². The lowest BCUT2D eigenvalue weighted by Crippen LogP contribution is -2.44. The second-order valence-electron chi connectivity index (χ2n) is 4.41. The number of amides is 2. The summed E-state index contributed by atoms with van der Waals surface area (Å²) < 4.78 is 1.32. The number of hydrogen-bond acceptors (Lipinski definition) is 3. The van der Waals surface area contributed by atoms with Crippen molar-refractivity contribution in [3.8, 4) is 0 Å². The maximum absolute atomic E-state index is 12.1. The molecule has 0 aliphatic heterocycles. The molecular formula is C12H17N3O4. The van der Waals surface area contributed by atoms with E-state index in [1.165, 1.54) is 21.7 Å². The van der Waals surface area contributed by atoms with Crippen LogP contribution in [-0.4, -0.2) is 44.9 Å². The highest BCUT2D eigenvalue weighted by Gasteiger charge is 2.20. The smallest absolute Gasteiger partial charge is 0.352 e. The molecule has 3 N–H and O–H groups in total. The van der Waals surface area contributed by atoms with Gasteiger partial charge < -0.3 is 20.3 Å². The number of hydrogen-bond donors (Lipinski definition) is 2. The lowest BCUT2D eigenvalue weighted by Gasteiger charge is -2.25. The summed E-state index contributed by atoms with van der Waals surface area (Å²) in [7, 11) is 0. The molecule has 0 aromatic carbocycles. The van der Waals surface area contributed by atoms with Gasteiger partial charge in [0.15, 0.2) is 0 Å². The molecule has 0 unspecified atom stereocenters. The number of aromatic carboxylic acids is 1. The van der Waals surface area contributed by atoms with Crippen LogP contribution in [0.5, 0.6) is 0 Å². The van der Waals surface area contributed by atoms with Gasteiger partial charge in [-0.05, 0) is 26.0 Å². The van der Waals surface area contributed by atoms with Gasteiger partial charge in [0.25, 0.3) is 0 Å². The first-order chi connectivity index (χ1) is 8.82. The van der Waals surface area contributed by atoms with Crippen molar-refractivity contribution in [2.45, 2.75) is 26.4 Å². The van der Waals surface area contributed by atoms with Crippen molar-refractivity contribution in [1.82, 2.24) is 9.47 Å². The molecule has 0 aliphatic carbocycles. The van der Waals surface area contributed by atoms with Gasteiger partial charge in [-0.3, -0.25) is 9.59 Å². The standard InChI is InChI=1S/C12H17N3O4/c1-8(2)15(6-10(13)16)11(17)7-14-5-3-4-9(14)12(18)19/h3-5,8H,6-7H2,1-2H3,(H2,13,16)(H,18,19). The molecule has 0 aliphatic rings. The molecule has 1 rings (SSSR count). The SMILES string of the molecule is CC(C)N(CC(N)=O)C(=O)Cn1cccc1C(=O)O. The third-order valence-electron chi connectivity index (χ3n) is 2.62. The van der Waals surface area contributed by atoms with Gasteiger partial charge in [0.1, 0.15) is 12.2 Å². The van der Waals surface area contributed by atoms with Crippen LogP contribution in [0.15, 0.2) is 18.3 Å². The van der Waals surface area contributed by atoms with Gasteiger partial charge in [-0.25, -0.2) is 4.79 Å². The Labute approximate surface area is 110 Å². The van der Waals surface area contributed by atoms with E-state index in [4.69, 9.17) is 10.8 Å². The van der Waals surface area contributed by atoms with E-state index in [9.17, 15) is 14.4 Å². The Balaban J connectivity index is 2.84. The van der Waals surface area contributed by atoms with E-state index < -0.39 is 11.9 Å². The maximum atomic E-state index is 12.1. The van der Waals surface area contributed by atoms with E-state index in [0.29, 0.717) is 0 Å². The first-order valence-electron chi connectivity index (χ1n) is 5.79. The average Bonchev–Trinajstić information content (AvgIpc) is 2.73. The van der Waals surface area contributed by atoms with Gasteiger partial charge in [-0.2, -0.15) is 0 Å². The van der Waals surface area contributed by atoms with Gasteiger partial charge >= 0.3 is 5.97 Å². The number of nitrogens with two attached hydrogens (primary N) is 1. The van der Waals surface area contributed by atoms with Crippen LogP contribution < -0.4 is 5.73 Å². The second-order valence-corrected chi connectivity index (χ2v) is 4.41. The van der Waals surface area contributed by atoms with Gasteiger partial charge in [0.05, 0.1) is 6.54 Å². The molecule has 1 aromatic heterocycles. The lowest BCUT2D eigenvalue weighted by atomic mass is 10.3. The first-order valence-corrected chi connectivity index (χ1v) is 5.79. The summed E-state index contributed by atoms with van der Waals surface area (Å²) in [5.41, 5.74) is 5.11. The monoisotopic (exact) mass is 267 g/mol. The minimum absolute atomic E-state index is 0.0242. The molecular weight excluding hydrogens is 250 g/mol. The minimum atomic E-state index is -1.11. The Morgan fingerprint density at radius 2 is 2.05 bits per heavy atom. The Bertz CT molecular complexity index is 493. The van der Waals surface area contributed by atoms with Gasteiger partial charge in [-0.15, -0.1) is 0 Å². The molecule has 0 bridgehead atoms. The van der Waals surface area contributed by atoms with E-state index in [-0.39, 0.29) is 30.7 Å². The Morgan fingerprint density at radius 3 is 2.53 bits per heavy atom. The van der Waals surface area contributed by atoms with Gasteiger partial charge in [0.2, 0.25) is 11.8 Å². The fraction of sp³-hybridized carbons (Fsp3) is 0.417. The van der Waals surface area contributed by atoms with Crippen molar-refractivity contribution in [2.75, 3.05) is 6.54 Å². The molecule has 0 saturated carbocycles. The normalized spacial score (nSPS) is 10.5. The summed E-state index contributed by atoms with van der Waals surface area (Å²) in [5, 5.41) is 8.94. The fourth-order valence-corrected chi connectivity index (χ4v) is 1.71. The first kappa shape index (κ1) is 14.7. The molecule has 104 valence electrons. The number of carboxylic acid groups (broad SMARTS) is 1. The van der Waals surface area contributed by atoms with Crippen molar-refractivity contribution >= 4 is 17.8 Å². The van der Waals surface area contributed by atoms with Crippen molar-refractivity contribution in [3.63, 3.8) is 0 Å². The Hall–Kier alpha value is -2.31. The number of carboxylic acids is 1. The number of aromatic nitrogens is 1. The molecule has 7 heteroatoms. The molecule has 1 heterocycles. The quantitative estimate of drug-likeness (QED) is 0.751. The molecule has 7 nitrogen and oxygen atoms in total. The van der Waals surface area contributed by atoms with Gasteiger partial charge in [0, 0.05) is 12.2 Å². The van der Waals surface area contributed by atoms with E-state index in [0.717, 1.165) is 0 Å². The zero-order valence-electron chi connectivity index (χ0n) is 10.9. The highest BCUT2D eigenvalue weighted by molar-refractivity contribution is 5.87. The van der Waals surface area contributed by atoms with Crippen LogP contribution in [0.4, 0.5) is 0 Å². The number of carbonyl (C=O) groups is 3. The molecule has 2 amide bonds. The van der Waals surface area contributed by atoms with E-state index in [1.807, 2.05) is 0 Å². The summed E-state index contributed by atoms with van der Waals surface area (Å²) in [6.45, 7) is 3.20. The van der Waals surface area contributed by atoms with Crippen LogP contribution in [0.1, 0.15) is 24.3 Å². The Morgan fingerprint density at radius 1 is 1.42 bits per heavy atom. The highest BCUT2D eigenvalue weighted by atomic mass is 16.4. The number of rotatable bonds is 6. The van der Waals surface area contributed by atoms with Crippen molar-refractivity contribution in [3.05, 3.63) is 24.0 Å². The fourth-order valence-electron chi connectivity index (χ4n) is 1.71. The molecule has 0 radical (unpaired) electrons. The summed E-state index contributed by atoms with van der Waals surface area (Å²) >= 11 is 0. The zero-order valence-corrected chi connectivity index (χ0v) is 10.9. The molecule has 0 saturated heterocycles. The summed E-state index contributed by atoms with van der Waals surface area (Å²) in [5.74, 6) is -2.07.